The van der Waals surface area contributed by atoms with Crippen LogP contribution >= 0.6 is 0 Å². The number of carbonyl (C=O) groups excluding carboxylic acids is 2. The van der Waals surface area contributed by atoms with Gasteiger partial charge in [0, 0.05) is 39.1 Å². The average Bonchev–Trinajstić information content (AvgIpc) is 2.68. The normalized spacial score (nSPS) is 16.5. The zero-order chi connectivity index (χ0) is 20.7. The van der Waals surface area contributed by atoms with E-state index in [0.29, 0.717) is 18.9 Å². The largest absolute Gasteiger partial charge is 0.355 e. The van der Waals surface area contributed by atoms with Gasteiger partial charge >= 0.3 is 0 Å². The molecule has 1 heterocycles. The van der Waals surface area contributed by atoms with Crippen molar-refractivity contribution in [3.8, 4) is 0 Å². The fourth-order valence-electron chi connectivity index (χ4n) is 3.80. The predicted molar refractivity (Wildman–Crippen MR) is 114 cm³/mol. The van der Waals surface area contributed by atoms with E-state index < -0.39 is 0 Å². The molecule has 1 unspecified atom stereocenters. The highest BCUT2D eigenvalue weighted by molar-refractivity contribution is 5.84. The van der Waals surface area contributed by atoms with Crippen molar-refractivity contribution in [1.29, 1.82) is 0 Å². The van der Waals surface area contributed by atoms with Crippen LogP contribution in [0.25, 0.3) is 0 Å². The molecule has 0 saturated carbocycles. The second-order valence-electron chi connectivity index (χ2n) is 8.40. The fraction of sp³-hybridized carbons (Fsp3) is 0.652. The van der Waals surface area contributed by atoms with E-state index in [1.165, 1.54) is 5.56 Å². The zero-order valence-corrected chi connectivity index (χ0v) is 18.2. The van der Waals surface area contributed by atoms with E-state index in [1.54, 1.807) is 0 Å². The maximum atomic E-state index is 12.8. The third kappa shape index (κ3) is 6.06. The molecule has 0 aliphatic carbocycles. The number of hydrogen-bond acceptors (Lipinski definition) is 3. The minimum absolute atomic E-state index is 0.0101. The van der Waals surface area contributed by atoms with Crippen LogP contribution in [0.15, 0.2) is 24.3 Å². The number of carbonyl (C=O) groups is 2. The van der Waals surface area contributed by atoms with Crippen LogP contribution in [0.4, 0.5) is 0 Å². The second-order valence-corrected chi connectivity index (χ2v) is 8.40. The van der Waals surface area contributed by atoms with Gasteiger partial charge < -0.3 is 15.1 Å². The smallest absolute Gasteiger partial charge is 0.227 e. The number of benzene rings is 1. The summed E-state index contributed by atoms with van der Waals surface area (Å²) in [5.41, 5.74) is 2.32. The van der Waals surface area contributed by atoms with Crippen LogP contribution in [0, 0.1) is 5.92 Å². The van der Waals surface area contributed by atoms with Crippen molar-refractivity contribution >= 4 is 11.8 Å². The molecule has 2 rings (SSSR count). The lowest BCUT2D eigenvalue weighted by atomic mass is 9.86. The average molecular weight is 388 g/mol. The summed E-state index contributed by atoms with van der Waals surface area (Å²) in [7, 11) is 0. The minimum atomic E-state index is -0.190. The Labute approximate surface area is 170 Å². The van der Waals surface area contributed by atoms with E-state index in [2.05, 4.69) is 69.1 Å². The lowest BCUT2D eigenvalue weighted by Crippen LogP contribution is -2.49. The summed E-state index contributed by atoms with van der Waals surface area (Å²) in [6.45, 7) is 15.5. The molecular formula is C23H37N3O2. The van der Waals surface area contributed by atoms with E-state index >= 15 is 0 Å². The molecule has 1 fully saturated rings. The molecule has 2 amide bonds. The van der Waals surface area contributed by atoms with E-state index in [0.717, 1.165) is 38.3 Å². The van der Waals surface area contributed by atoms with Crippen molar-refractivity contribution in [2.45, 2.75) is 52.9 Å². The maximum absolute atomic E-state index is 12.8. The Hall–Kier alpha value is -1.88. The van der Waals surface area contributed by atoms with Gasteiger partial charge in [0.15, 0.2) is 0 Å². The standard InChI is InChI=1S/C23H37N3O2/c1-6-25-13-15-26(16-14-25)21(27)11-12-24-23(28)22(18(4)5)20-9-7-19(8-10-20)17(2)3/h7-10,17-18,22H,6,11-16H2,1-5H3,(H,24,28). The Balaban J connectivity index is 1.86. The molecule has 0 radical (unpaired) electrons. The SMILES string of the molecule is CCN1CCN(C(=O)CCNC(=O)C(c2ccc(C(C)C)cc2)C(C)C)CC1. The summed E-state index contributed by atoms with van der Waals surface area (Å²) in [4.78, 5) is 29.5. The highest BCUT2D eigenvalue weighted by Gasteiger charge is 2.25. The highest BCUT2D eigenvalue weighted by Crippen LogP contribution is 2.26. The van der Waals surface area contributed by atoms with Crippen LogP contribution < -0.4 is 5.32 Å². The van der Waals surface area contributed by atoms with Gasteiger partial charge in [0.2, 0.25) is 11.8 Å². The number of amides is 2. The third-order valence-electron chi connectivity index (χ3n) is 5.72. The van der Waals surface area contributed by atoms with Crippen molar-refractivity contribution in [2.24, 2.45) is 5.92 Å². The highest BCUT2D eigenvalue weighted by atomic mass is 16.2. The van der Waals surface area contributed by atoms with Gasteiger partial charge in [0.05, 0.1) is 5.92 Å². The van der Waals surface area contributed by atoms with Crippen molar-refractivity contribution in [3.05, 3.63) is 35.4 Å². The predicted octanol–water partition coefficient (Wildman–Crippen LogP) is 3.22. The summed E-state index contributed by atoms with van der Waals surface area (Å²) in [5, 5.41) is 2.99. The van der Waals surface area contributed by atoms with Crippen LogP contribution in [0.5, 0.6) is 0 Å². The quantitative estimate of drug-likeness (QED) is 0.745. The van der Waals surface area contributed by atoms with Gasteiger partial charge in [0.25, 0.3) is 0 Å². The number of hydrogen-bond donors (Lipinski definition) is 1. The Morgan fingerprint density at radius 3 is 2.04 bits per heavy atom. The number of rotatable bonds is 8. The molecule has 28 heavy (non-hydrogen) atoms. The van der Waals surface area contributed by atoms with Crippen molar-refractivity contribution in [2.75, 3.05) is 39.3 Å². The first kappa shape index (κ1) is 22.4. The van der Waals surface area contributed by atoms with E-state index in [-0.39, 0.29) is 23.7 Å². The molecule has 5 nitrogen and oxygen atoms in total. The first-order valence-electron chi connectivity index (χ1n) is 10.7. The molecule has 1 aromatic rings. The van der Waals surface area contributed by atoms with Crippen molar-refractivity contribution in [1.82, 2.24) is 15.1 Å². The number of nitrogens with one attached hydrogen (secondary N) is 1. The molecule has 1 aliphatic rings. The van der Waals surface area contributed by atoms with Crippen LogP contribution in [0.1, 0.15) is 64.0 Å². The van der Waals surface area contributed by atoms with Crippen molar-refractivity contribution < 1.29 is 9.59 Å². The van der Waals surface area contributed by atoms with Crippen LogP contribution in [0.2, 0.25) is 0 Å². The summed E-state index contributed by atoms with van der Waals surface area (Å²) < 4.78 is 0. The lowest BCUT2D eigenvalue weighted by Gasteiger charge is -2.34. The molecule has 1 saturated heterocycles. The molecule has 5 heteroatoms. The topological polar surface area (TPSA) is 52.6 Å². The molecule has 0 bridgehead atoms. The minimum Gasteiger partial charge on any atom is -0.355 e. The summed E-state index contributed by atoms with van der Waals surface area (Å²) in [6, 6.07) is 8.36. The second kappa shape index (κ2) is 10.6. The molecule has 1 aliphatic heterocycles. The maximum Gasteiger partial charge on any atom is 0.227 e. The Kier molecular flexibility index (Phi) is 8.49. The van der Waals surface area contributed by atoms with E-state index in [9.17, 15) is 9.59 Å². The first-order valence-corrected chi connectivity index (χ1v) is 10.7. The first-order chi connectivity index (χ1) is 13.3. The van der Waals surface area contributed by atoms with Gasteiger partial charge in [0.1, 0.15) is 0 Å². The number of likely N-dealkylation sites (N-methyl/N-ethyl adjacent to an activating group) is 1. The lowest BCUT2D eigenvalue weighted by molar-refractivity contribution is -0.133. The summed E-state index contributed by atoms with van der Waals surface area (Å²) in [5.74, 6) is 0.632. The monoisotopic (exact) mass is 387 g/mol. The van der Waals surface area contributed by atoms with E-state index in [4.69, 9.17) is 0 Å². The van der Waals surface area contributed by atoms with Gasteiger partial charge in [-0.15, -0.1) is 0 Å². The Morgan fingerprint density at radius 1 is 0.964 bits per heavy atom. The molecule has 1 atom stereocenters. The Bertz CT molecular complexity index is 632. The van der Waals surface area contributed by atoms with Gasteiger partial charge in [-0.2, -0.15) is 0 Å². The van der Waals surface area contributed by atoms with Gasteiger partial charge in [-0.3, -0.25) is 9.59 Å². The number of nitrogens with zero attached hydrogens (tertiary/aromatic N) is 2. The van der Waals surface area contributed by atoms with Gasteiger partial charge in [-0.05, 0) is 29.5 Å². The molecule has 1 aromatic carbocycles. The van der Waals surface area contributed by atoms with Gasteiger partial charge in [-0.25, -0.2) is 0 Å². The molecule has 156 valence electrons. The summed E-state index contributed by atoms with van der Waals surface area (Å²) >= 11 is 0. The zero-order valence-electron chi connectivity index (χ0n) is 18.2. The fourth-order valence-corrected chi connectivity index (χ4v) is 3.80. The third-order valence-corrected chi connectivity index (χ3v) is 5.72. The van der Waals surface area contributed by atoms with Crippen LogP contribution in [0.3, 0.4) is 0 Å². The number of piperazine rings is 1. The summed E-state index contributed by atoms with van der Waals surface area (Å²) in [6.07, 6.45) is 0.370. The molecule has 0 spiro atoms. The Morgan fingerprint density at radius 2 is 1.54 bits per heavy atom. The molecule has 0 aromatic heterocycles. The van der Waals surface area contributed by atoms with Crippen molar-refractivity contribution in [3.63, 3.8) is 0 Å². The van der Waals surface area contributed by atoms with Crippen LogP contribution in [-0.2, 0) is 9.59 Å². The van der Waals surface area contributed by atoms with Crippen LogP contribution in [-0.4, -0.2) is 60.9 Å². The molecular weight excluding hydrogens is 350 g/mol. The van der Waals surface area contributed by atoms with E-state index in [1.807, 2.05) is 4.90 Å². The molecule has 1 N–H and O–H groups in total. The van der Waals surface area contributed by atoms with Gasteiger partial charge in [-0.1, -0.05) is 58.9 Å².